The molecule has 2 N–H and O–H groups in total. The van der Waals surface area contributed by atoms with E-state index in [4.69, 9.17) is 0 Å². The van der Waals surface area contributed by atoms with E-state index in [9.17, 15) is 9.90 Å². The van der Waals surface area contributed by atoms with Crippen LogP contribution in [0.3, 0.4) is 0 Å². The lowest BCUT2D eigenvalue weighted by Gasteiger charge is -2.18. The first-order chi connectivity index (χ1) is 10.2. The van der Waals surface area contributed by atoms with Gasteiger partial charge in [0.15, 0.2) is 0 Å². The molecule has 0 bridgehead atoms. The van der Waals surface area contributed by atoms with Gasteiger partial charge in [-0.25, -0.2) is 0 Å². The molecule has 3 rings (SSSR count). The molecule has 3 nitrogen and oxygen atoms in total. The summed E-state index contributed by atoms with van der Waals surface area (Å²) in [4.78, 5) is 12.1. The molecular formula is C18H19NO2. The fourth-order valence-corrected chi connectivity index (χ4v) is 2.90. The number of aliphatic hydroxyl groups is 1. The Morgan fingerprint density at radius 3 is 2.62 bits per heavy atom. The standard InChI is InChI=1S/C18H19NO2/c20-16-12-14-8-4-5-9-15(14)18(16)19-17(21)11-10-13-6-2-1-3-7-13/h1-9,16,18,20H,10-12H2,(H,19,21). The van der Waals surface area contributed by atoms with Crippen LogP contribution >= 0.6 is 0 Å². The zero-order chi connectivity index (χ0) is 14.7. The van der Waals surface area contributed by atoms with Crippen LogP contribution in [-0.2, 0) is 17.6 Å². The molecule has 0 fully saturated rings. The van der Waals surface area contributed by atoms with E-state index in [0.717, 1.165) is 23.1 Å². The fourth-order valence-electron chi connectivity index (χ4n) is 2.90. The minimum atomic E-state index is -0.525. The van der Waals surface area contributed by atoms with Crippen LogP contribution in [0.1, 0.15) is 29.2 Å². The average molecular weight is 281 g/mol. The highest BCUT2D eigenvalue weighted by Crippen LogP contribution is 2.31. The monoisotopic (exact) mass is 281 g/mol. The normalized spacial score (nSPS) is 20.0. The summed E-state index contributed by atoms with van der Waals surface area (Å²) < 4.78 is 0. The van der Waals surface area contributed by atoms with E-state index in [1.165, 1.54) is 0 Å². The number of carbonyl (C=O) groups is 1. The second kappa shape index (κ2) is 6.10. The van der Waals surface area contributed by atoms with Gasteiger partial charge in [0.2, 0.25) is 5.91 Å². The summed E-state index contributed by atoms with van der Waals surface area (Å²) in [6.45, 7) is 0. The molecule has 1 aliphatic carbocycles. The third-order valence-corrected chi connectivity index (χ3v) is 4.00. The van der Waals surface area contributed by atoms with Gasteiger partial charge >= 0.3 is 0 Å². The predicted octanol–water partition coefficient (Wildman–Crippen LogP) is 2.39. The second-order valence-corrected chi connectivity index (χ2v) is 5.50. The number of benzene rings is 2. The van der Waals surface area contributed by atoms with Gasteiger partial charge in [0.05, 0.1) is 12.1 Å². The highest BCUT2D eigenvalue weighted by molar-refractivity contribution is 5.77. The average Bonchev–Trinajstić information content (AvgIpc) is 2.82. The molecule has 3 heteroatoms. The van der Waals surface area contributed by atoms with E-state index in [2.05, 4.69) is 5.32 Å². The number of fused-ring (bicyclic) bond motifs is 1. The van der Waals surface area contributed by atoms with Crippen molar-refractivity contribution in [3.05, 3.63) is 71.3 Å². The number of nitrogens with one attached hydrogen (secondary N) is 1. The number of carbonyl (C=O) groups excluding carboxylic acids is 1. The van der Waals surface area contributed by atoms with E-state index in [-0.39, 0.29) is 11.9 Å². The van der Waals surface area contributed by atoms with Crippen molar-refractivity contribution in [3.8, 4) is 0 Å². The molecule has 2 unspecified atom stereocenters. The van der Waals surface area contributed by atoms with E-state index >= 15 is 0 Å². The van der Waals surface area contributed by atoms with Gasteiger partial charge in [-0.2, -0.15) is 0 Å². The van der Waals surface area contributed by atoms with Crippen molar-refractivity contribution < 1.29 is 9.90 Å². The lowest BCUT2D eigenvalue weighted by molar-refractivity contribution is -0.122. The van der Waals surface area contributed by atoms with Gasteiger partial charge in [-0.05, 0) is 23.1 Å². The molecule has 0 heterocycles. The van der Waals surface area contributed by atoms with Gasteiger partial charge in [0, 0.05) is 12.8 Å². The molecule has 0 saturated carbocycles. The van der Waals surface area contributed by atoms with E-state index < -0.39 is 6.10 Å². The maximum atomic E-state index is 12.1. The number of aryl methyl sites for hydroxylation is 1. The second-order valence-electron chi connectivity index (χ2n) is 5.50. The molecule has 2 aromatic carbocycles. The summed E-state index contributed by atoms with van der Waals surface area (Å²) in [5.74, 6) is -0.0143. The Kier molecular flexibility index (Phi) is 4.02. The lowest BCUT2D eigenvalue weighted by atomic mass is 10.1. The highest BCUT2D eigenvalue weighted by atomic mass is 16.3. The van der Waals surface area contributed by atoms with E-state index in [1.807, 2.05) is 54.6 Å². The molecule has 0 radical (unpaired) electrons. The number of rotatable bonds is 4. The third kappa shape index (κ3) is 3.14. The first-order valence-corrected chi connectivity index (χ1v) is 7.33. The van der Waals surface area contributed by atoms with Crippen molar-refractivity contribution in [2.45, 2.75) is 31.4 Å². The van der Waals surface area contributed by atoms with Crippen LogP contribution in [0, 0.1) is 0 Å². The molecule has 0 spiro atoms. The number of hydrogen-bond donors (Lipinski definition) is 2. The summed E-state index contributed by atoms with van der Waals surface area (Å²) in [5, 5.41) is 13.1. The van der Waals surface area contributed by atoms with Gasteiger partial charge in [-0.1, -0.05) is 54.6 Å². The molecule has 21 heavy (non-hydrogen) atoms. The van der Waals surface area contributed by atoms with Crippen LogP contribution in [0.5, 0.6) is 0 Å². The van der Waals surface area contributed by atoms with Crippen molar-refractivity contribution in [1.82, 2.24) is 5.32 Å². The van der Waals surface area contributed by atoms with Crippen LogP contribution < -0.4 is 5.32 Å². The Bertz CT molecular complexity index is 624. The lowest BCUT2D eigenvalue weighted by Crippen LogP contribution is -2.33. The molecule has 2 aromatic rings. The maximum Gasteiger partial charge on any atom is 0.220 e. The summed E-state index contributed by atoms with van der Waals surface area (Å²) in [6, 6.07) is 17.6. The number of hydrogen-bond acceptors (Lipinski definition) is 2. The number of aliphatic hydroxyl groups excluding tert-OH is 1. The Balaban J connectivity index is 1.60. The third-order valence-electron chi connectivity index (χ3n) is 4.00. The molecule has 0 saturated heterocycles. The first-order valence-electron chi connectivity index (χ1n) is 7.33. The SMILES string of the molecule is O=C(CCc1ccccc1)NC1c2ccccc2CC1O. The topological polar surface area (TPSA) is 49.3 Å². The van der Waals surface area contributed by atoms with Crippen molar-refractivity contribution in [2.75, 3.05) is 0 Å². The molecular weight excluding hydrogens is 262 g/mol. The summed E-state index contributed by atoms with van der Waals surface area (Å²) in [5.41, 5.74) is 3.32. The largest absolute Gasteiger partial charge is 0.390 e. The van der Waals surface area contributed by atoms with Crippen LogP contribution in [0.2, 0.25) is 0 Å². The minimum Gasteiger partial charge on any atom is -0.390 e. The summed E-state index contributed by atoms with van der Waals surface area (Å²) in [7, 11) is 0. The molecule has 0 aliphatic heterocycles. The van der Waals surface area contributed by atoms with Gasteiger partial charge in [-0.15, -0.1) is 0 Å². The zero-order valence-corrected chi connectivity index (χ0v) is 11.8. The molecule has 108 valence electrons. The smallest absolute Gasteiger partial charge is 0.220 e. The predicted molar refractivity (Wildman–Crippen MR) is 81.8 cm³/mol. The zero-order valence-electron chi connectivity index (χ0n) is 11.8. The van der Waals surface area contributed by atoms with Crippen molar-refractivity contribution in [3.63, 3.8) is 0 Å². The first kappa shape index (κ1) is 13.8. The Morgan fingerprint density at radius 1 is 1.10 bits per heavy atom. The van der Waals surface area contributed by atoms with Gasteiger partial charge in [-0.3, -0.25) is 4.79 Å². The van der Waals surface area contributed by atoms with Gasteiger partial charge in [0.25, 0.3) is 0 Å². The maximum absolute atomic E-state index is 12.1. The Labute approximate surface area is 124 Å². The van der Waals surface area contributed by atoms with Gasteiger partial charge < -0.3 is 10.4 Å². The molecule has 1 amide bonds. The van der Waals surface area contributed by atoms with E-state index in [0.29, 0.717) is 12.8 Å². The minimum absolute atomic E-state index is 0.0143. The number of amides is 1. The van der Waals surface area contributed by atoms with E-state index in [1.54, 1.807) is 0 Å². The molecule has 1 aliphatic rings. The quantitative estimate of drug-likeness (QED) is 0.904. The molecule has 0 aromatic heterocycles. The fraction of sp³-hybridized carbons (Fsp3) is 0.278. The van der Waals surface area contributed by atoms with Crippen molar-refractivity contribution in [1.29, 1.82) is 0 Å². The highest BCUT2D eigenvalue weighted by Gasteiger charge is 2.31. The summed E-state index contributed by atoms with van der Waals surface area (Å²) in [6.07, 6.45) is 1.25. The van der Waals surface area contributed by atoms with Crippen LogP contribution in [-0.4, -0.2) is 17.1 Å². The van der Waals surface area contributed by atoms with Gasteiger partial charge in [0.1, 0.15) is 0 Å². The summed E-state index contributed by atoms with van der Waals surface area (Å²) >= 11 is 0. The van der Waals surface area contributed by atoms with Crippen LogP contribution in [0.4, 0.5) is 0 Å². The Hall–Kier alpha value is -2.13. The Morgan fingerprint density at radius 2 is 1.81 bits per heavy atom. The van der Waals surface area contributed by atoms with Crippen LogP contribution in [0.25, 0.3) is 0 Å². The van der Waals surface area contributed by atoms with Crippen molar-refractivity contribution >= 4 is 5.91 Å². The van der Waals surface area contributed by atoms with Crippen molar-refractivity contribution in [2.24, 2.45) is 0 Å². The van der Waals surface area contributed by atoms with Crippen LogP contribution in [0.15, 0.2) is 54.6 Å². The molecule has 2 atom stereocenters.